The van der Waals surface area contributed by atoms with Crippen molar-refractivity contribution in [2.24, 2.45) is 11.1 Å². The van der Waals surface area contributed by atoms with Crippen molar-refractivity contribution in [2.45, 2.75) is 58.9 Å². The lowest BCUT2D eigenvalue weighted by Crippen LogP contribution is -2.43. The minimum absolute atomic E-state index is 0.431. The third kappa shape index (κ3) is 8.68. The van der Waals surface area contributed by atoms with Crippen LogP contribution in [0.4, 0.5) is 0 Å². The molecular weight excluding hydrogens is 318 g/mol. The summed E-state index contributed by atoms with van der Waals surface area (Å²) < 4.78 is 4.15. The molecule has 2 aliphatic rings. The second kappa shape index (κ2) is 13.1. The highest BCUT2D eigenvalue weighted by Gasteiger charge is 2.27. The summed E-state index contributed by atoms with van der Waals surface area (Å²) in [7, 11) is 2.25. The van der Waals surface area contributed by atoms with Crippen molar-refractivity contribution in [3.8, 4) is 0 Å². The Kier molecular flexibility index (Phi) is 11.5. The van der Waals surface area contributed by atoms with E-state index in [1.807, 2.05) is 6.92 Å². The molecular formula is C19H37N3O3. The van der Waals surface area contributed by atoms with Gasteiger partial charge in [-0.3, -0.25) is 4.79 Å². The predicted octanol–water partition coefficient (Wildman–Crippen LogP) is 2.77. The quantitative estimate of drug-likeness (QED) is 0.417. The van der Waals surface area contributed by atoms with Crippen LogP contribution in [-0.2, 0) is 14.4 Å². The van der Waals surface area contributed by atoms with Gasteiger partial charge in [0.2, 0.25) is 0 Å². The number of rotatable bonds is 6. The van der Waals surface area contributed by atoms with Crippen LogP contribution in [0.3, 0.4) is 0 Å². The van der Waals surface area contributed by atoms with Crippen molar-refractivity contribution in [1.29, 1.82) is 0 Å². The Bertz CT molecular complexity index is 382. The van der Waals surface area contributed by atoms with E-state index in [-0.39, 0.29) is 0 Å². The Hall–Kier alpha value is -1.14. The number of piperidine rings is 1. The third-order valence-electron chi connectivity index (χ3n) is 5.13. The maximum atomic E-state index is 9.18. The molecule has 2 fully saturated rings. The smallest absolute Gasteiger partial charge is 0.293 e. The molecule has 0 aromatic heterocycles. The van der Waals surface area contributed by atoms with Gasteiger partial charge in [0, 0.05) is 12.0 Å². The minimum atomic E-state index is 0.431. The molecule has 25 heavy (non-hydrogen) atoms. The Morgan fingerprint density at radius 3 is 2.36 bits per heavy atom. The van der Waals surface area contributed by atoms with Crippen molar-refractivity contribution >= 4 is 12.2 Å². The van der Waals surface area contributed by atoms with Crippen LogP contribution in [0.25, 0.3) is 0 Å². The van der Waals surface area contributed by atoms with Crippen LogP contribution in [-0.4, -0.2) is 74.5 Å². The zero-order valence-electron chi connectivity index (χ0n) is 16.6. The molecule has 0 saturated carbocycles. The first-order chi connectivity index (χ1) is 12.1. The van der Waals surface area contributed by atoms with Crippen LogP contribution >= 0.6 is 0 Å². The molecule has 2 saturated heterocycles. The van der Waals surface area contributed by atoms with Gasteiger partial charge in [0.1, 0.15) is 6.61 Å². The second-order valence-electron chi connectivity index (χ2n) is 6.90. The number of carbonyl (C=O) groups excluding carboxylic acids is 1. The van der Waals surface area contributed by atoms with E-state index >= 15 is 0 Å². The largest absolute Gasteiger partial charge is 0.468 e. The Balaban J connectivity index is 0.000000550. The van der Waals surface area contributed by atoms with Gasteiger partial charge in [-0.25, -0.2) is 0 Å². The van der Waals surface area contributed by atoms with E-state index in [1.165, 1.54) is 64.0 Å². The SMILES string of the molecule is CCO/N=C(\C)C1CCN(C2CCCN(C)CC2)CC1.CCOC=O. The standard InChI is InChI=1S/C16H31N3O.C3H6O2/c1-4-20-17-14(2)15-7-12-19(13-8-15)16-6-5-10-18(3)11-9-16;1-2-5-3-4/h15-16H,4-13H2,1-3H3;3H,2H2,1H3/b17-14+;. The predicted molar refractivity (Wildman–Crippen MR) is 102 cm³/mol. The first-order valence-electron chi connectivity index (χ1n) is 9.76. The molecule has 2 aliphatic heterocycles. The van der Waals surface area contributed by atoms with Crippen LogP contribution in [0.1, 0.15) is 52.9 Å². The molecule has 0 spiro atoms. The zero-order chi connectivity index (χ0) is 18.5. The summed E-state index contributed by atoms with van der Waals surface area (Å²) in [5.41, 5.74) is 1.19. The maximum absolute atomic E-state index is 9.18. The Labute approximate surface area is 153 Å². The van der Waals surface area contributed by atoms with Gasteiger partial charge in [0.05, 0.1) is 12.3 Å². The summed E-state index contributed by atoms with van der Waals surface area (Å²) in [6.07, 6.45) is 6.56. The molecule has 0 radical (unpaired) electrons. The molecule has 6 heteroatoms. The first-order valence-corrected chi connectivity index (χ1v) is 9.76. The highest BCUT2D eigenvalue weighted by Crippen LogP contribution is 2.24. The molecule has 0 aliphatic carbocycles. The van der Waals surface area contributed by atoms with E-state index < -0.39 is 0 Å². The normalized spacial score (nSPS) is 24.0. The molecule has 0 aromatic rings. The fraction of sp³-hybridized carbons (Fsp3) is 0.895. The maximum Gasteiger partial charge on any atom is 0.293 e. The topological polar surface area (TPSA) is 54.4 Å². The molecule has 146 valence electrons. The fourth-order valence-corrected chi connectivity index (χ4v) is 3.58. The lowest BCUT2D eigenvalue weighted by molar-refractivity contribution is -0.128. The minimum Gasteiger partial charge on any atom is -0.468 e. The number of oxime groups is 1. The molecule has 0 bridgehead atoms. The highest BCUT2D eigenvalue weighted by atomic mass is 16.6. The van der Waals surface area contributed by atoms with E-state index in [2.05, 4.69) is 33.7 Å². The summed E-state index contributed by atoms with van der Waals surface area (Å²) in [5, 5.41) is 4.22. The fourth-order valence-electron chi connectivity index (χ4n) is 3.58. The van der Waals surface area contributed by atoms with Crippen molar-refractivity contribution in [3.63, 3.8) is 0 Å². The number of hydrogen-bond donors (Lipinski definition) is 0. The van der Waals surface area contributed by atoms with Gasteiger partial charge in [0.25, 0.3) is 6.47 Å². The Morgan fingerprint density at radius 2 is 1.80 bits per heavy atom. The van der Waals surface area contributed by atoms with E-state index in [9.17, 15) is 4.79 Å². The highest BCUT2D eigenvalue weighted by molar-refractivity contribution is 5.83. The number of hydrogen-bond acceptors (Lipinski definition) is 6. The first kappa shape index (κ1) is 21.9. The van der Waals surface area contributed by atoms with Crippen LogP contribution < -0.4 is 0 Å². The third-order valence-corrected chi connectivity index (χ3v) is 5.13. The summed E-state index contributed by atoms with van der Waals surface area (Å²) in [6, 6.07) is 0.810. The monoisotopic (exact) mass is 355 g/mol. The zero-order valence-corrected chi connectivity index (χ0v) is 16.6. The van der Waals surface area contributed by atoms with Crippen LogP contribution in [0.2, 0.25) is 0 Å². The average molecular weight is 356 g/mol. The molecule has 2 heterocycles. The summed E-state index contributed by atoms with van der Waals surface area (Å²) in [6.45, 7) is 12.4. The van der Waals surface area contributed by atoms with Gasteiger partial charge in [-0.1, -0.05) is 5.16 Å². The van der Waals surface area contributed by atoms with E-state index in [0.29, 0.717) is 25.6 Å². The van der Waals surface area contributed by atoms with E-state index in [4.69, 9.17) is 4.84 Å². The van der Waals surface area contributed by atoms with E-state index in [1.54, 1.807) is 6.92 Å². The molecule has 0 N–H and O–H groups in total. The summed E-state index contributed by atoms with van der Waals surface area (Å²) >= 11 is 0. The van der Waals surface area contributed by atoms with Gasteiger partial charge >= 0.3 is 0 Å². The second-order valence-corrected chi connectivity index (χ2v) is 6.90. The van der Waals surface area contributed by atoms with Gasteiger partial charge in [-0.2, -0.15) is 0 Å². The summed E-state index contributed by atoms with van der Waals surface area (Å²) in [5.74, 6) is 0.631. The number of ether oxygens (including phenoxy) is 1. The van der Waals surface area contributed by atoms with Gasteiger partial charge < -0.3 is 19.4 Å². The number of likely N-dealkylation sites (tertiary alicyclic amines) is 2. The van der Waals surface area contributed by atoms with Crippen LogP contribution in [0.5, 0.6) is 0 Å². The molecule has 2 rings (SSSR count). The van der Waals surface area contributed by atoms with Crippen molar-refractivity contribution in [2.75, 3.05) is 46.4 Å². The van der Waals surface area contributed by atoms with Crippen LogP contribution in [0.15, 0.2) is 5.16 Å². The number of carbonyl (C=O) groups is 1. The van der Waals surface area contributed by atoms with Crippen molar-refractivity contribution in [3.05, 3.63) is 0 Å². The van der Waals surface area contributed by atoms with Crippen molar-refractivity contribution in [1.82, 2.24) is 9.80 Å². The van der Waals surface area contributed by atoms with Gasteiger partial charge in [0.15, 0.2) is 0 Å². The lowest BCUT2D eigenvalue weighted by Gasteiger charge is -2.37. The average Bonchev–Trinajstić information content (AvgIpc) is 2.85. The van der Waals surface area contributed by atoms with Crippen LogP contribution in [0, 0.1) is 5.92 Å². The van der Waals surface area contributed by atoms with Gasteiger partial charge in [-0.05, 0) is 86.1 Å². The Morgan fingerprint density at radius 1 is 1.08 bits per heavy atom. The summed E-state index contributed by atoms with van der Waals surface area (Å²) in [4.78, 5) is 19.6. The molecule has 1 unspecified atom stereocenters. The molecule has 0 amide bonds. The van der Waals surface area contributed by atoms with E-state index in [0.717, 1.165) is 6.04 Å². The number of nitrogens with zero attached hydrogens (tertiary/aromatic N) is 3. The molecule has 6 nitrogen and oxygen atoms in total. The molecule has 0 aromatic carbocycles. The lowest BCUT2D eigenvalue weighted by atomic mass is 9.91. The van der Waals surface area contributed by atoms with Gasteiger partial charge in [-0.15, -0.1) is 0 Å². The molecule has 1 atom stereocenters. The van der Waals surface area contributed by atoms with Crippen molar-refractivity contribution < 1.29 is 14.4 Å².